The number of hydrogen-bond donors (Lipinski definition) is 2. The molecule has 0 radical (unpaired) electrons. The SMILES string of the molecule is Cc1ccc(Nc2nc3[nH]c4ccncc4c3c3ccccc23)cc1. The maximum Gasteiger partial charge on any atom is 0.141 e. The fourth-order valence-electron chi connectivity index (χ4n) is 3.33. The smallest absolute Gasteiger partial charge is 0.141 e. The Kier molecular flexibility index (Phi) is 2.97. The molecule has 0 aliphatic rings. The summed E-state index contributed by atoms with van der Waals surface area (Å²) in [6.07, 6.45) is 3.70. The highest BCUT2D eigenvalue weighted by atomic mass is 15.0. The zero-order chi connectivity index (χ0) is 16.8. The molecule has 5 aromatic rings. The van der Waals surface area contributed by atoms with Gasteiger partial charge in [-0.25, -0.2) is 4.98 Å². The number of nitrogens with one attached hydrogen (secondary N) is 2. The van der Waals surface area contributed by atoms with E-state index in [1.807, 2.05) is 18.3 Å². The second kappa shape index (κ2) is 5.31. The van der Waals surface area contributed by atoms with Crippen molar-refractivity contribution in [1.82, 2.24) is 15.0 Å². The molecule has 0 atom stereocenters. The Bertz CT molecular complexity index is 1220. The van der Waals surface area contributed by atoms with Crippen LogP contribution in [0.5, 0.6) is 0 Å². The fourth-order valence-corrected chi connectivity index (χ4v) is 3.33. The van der Waals surface area contributed by atoms with Crippen LogP contribution < -0.4 is 5.32 Å². The molecule has 3 heterocycles. The van der Waals surface area contributed by atoms with E-state index in [4.69, 9.17) is 4.98 Å². The molecular weight excluding hydrogens is 308 g/mol. The molecule has 2 N–H and O–H groups in total. The number of aryl methyl sites for hydroxylation is 1. The van der Waals surface area contributed by atoms with E-state index in [1.165, 1.54) is 10.9 Å². The lowest BCUT2D eigenvalue weighted by Crippen LogP contribution is -1.95. The van der Waals surface area contributed by atoms with E-state index in [0.29, 0.717) is 0 Å². The topological polar surface area (TPSA) is 53.6 Å². The lowest BCUT2D eigenvalue weighted by Gasteiger charge is -2.10. The number of aromatic nitrogens is 3. The Balaban J connectivity index is 1.80. The Labute approximate surface area is 144 Å². The molecule has 120 valence electrons. The first-order valence-electron chi connectivity index (χ1n) is 8.27. The number of benzene rings is 2. The van der Waals surface area contributed by atoms with Gasteiger partial charge in [-0.2, -0.15) is 0 Å². The predicted molar refractivity (Wildman–Crippen MR) is 103 cm³/mol. The number of rotatable bonds is 2. The van der Waals surface area contributed by atoms with E-state index in [2.05, 4.69) is 64.7 Å². The summed E-state index contributed by atoms with van der Waals surface area (Å²) in [6, 6.07) is 18.7. The zero-order valence-electron chi connectivity index (χ0n) is 13.7. The monoisotopic (exact) mass is 324 g/mol. The lowest BCUT2D eigenvalue weighted by atomic mass is 10.1. The predicted octanol–water partition coefficient (Wildman–Crippen LogP) is 5.32. The van der Waals surface area contributed by atoms with Crippen LogP contribution in [-0.2, 0) is 0 Å². The van der Waals surface area contributed by atoms with Crippen LogP contribution in [0.2, 0.25) is 0 Å². The van der Waals surface area contributed by atoms with E-state index in [-0.39, 0.29) is 0 Å². The van der Waals surface area contributed by atoms with Crippen molar-refractivity contribution in [2.24, 2.45) is 0 Å². The van der Waals surface area contributed by atoms with Crippen molar-refractivity contribution < 1.29 is 0 Å². The van der Waals surface area contributed by atoms with Crippen molar-refractivity contribution in [3.8, 4) is 0 Å². The molecule has 25 heavy (non-hydrogen) atoms. The molecule has 3 aromatic heterocycles. The molecule has 0 spiro atoms. The molecule has 0 fully saturated rings. The third-order valence-electron chi connectivity index (χ3n) is 4.57. The third-order valence-corrected chi connectivity index (χ3v) is 4.57. The maximum atomic E-state index is 4.86. The normalized spacial score (nSPS) is 11.4. The highest BCUT2D eigenvalue weighted by molar-refractivity contribution is 6.20. The Morgan fingerprint density at radius 1 is 0.880 bits per heavy atom. The summed E-state index contributed by atoms with van der Waals surface area (Å²) in [7, 11) is 0. The largest absolute Gasteiger partial charge is 0.340 e. The number of aromatic amines is 1. The van der Waals surface area contributed by atoms with Gasteiger partial charge in [0.2, 0.25) is 0 Å². The van der Waals surface area contributed by atoms with Crippen LogP contribution in [0.1, 0.15) is 5.56 Å². The molecule has 4 nitrogen and oxygen atoms in total. The summed E-state index contributed by atoms with van der Waals surface area (Å²) >= 11 is 0. The summed E-state index contributed by atoms with van der Waals surface area (Å²) in [6.45, 7) is 2.09. The number of H-pyrrole nitrogens is 1. The Hall–Kier alpha value is -3.40. The van der Waals surface area contributed by atoms with Gasteiger partial charge < -0.3 is 10.3 Å². The van der Waals surface area contributed by atoms with Crippen LogP contribution in [0.3, 0.4) is 0 Å². The van der Waals surface area contributed by atoms with Crippen LogP contribution in [0.25, 0.3) is 32.7 Å². The number of fused-ring (bicyclic) bond motifs is 5. The minimum atomic E-state index is 0.853. The number of pyridine rings is 2. The van der Waals surface area contributed by atoms with Gasteiger partial charge in [0.1, 0.15) is 11.5 Å². The van der Waals surface area contributed by atoms with E-state index in [9.17, 15) is 0 Å². The number of hydrogen-bond acceptors (Lipinski definition) is 3. The molecule has 0 bridgehead atoms. The van der Waals surface area contributed by atoms with Gasteiger partial charge in [0.05, 0.1) is 5.52 Å². The molecule has 0 unspecified atom stereocenters. The van der Waals surface area contributed by atoms with Gasteiger partial charge in [-0.1, -0.05) is 42.0 Å². The van der Waals surface area contributed by atoms with Crippen LogP contribution >= 0.6 is 0 Å². The second-order valence-electron chi connectivity index (χ2n) is 6.27. The summed E-state index contributed by atoms with van der Waals surface area (Å²) in [5, 5.41) is 7.95. The third kappa shape index (κ3) is 2.22. The molecule has 4 heteroatoms. The molecule has 2 aromatic carbocycles. The second-order valence-corrected chi connectivity index (χ2v) is 6.27. The van der Waals surface area contributed by atoms with Gasteiger partial charge in [0.25, 0.3) is 0 Å². The van der Waals surface area contributed by atoms with Crippen LogP contribution in [0.4, 0.5) is 11.5 Å². The van der Waals surface area contributed by atoms with Gasteiger partial charge in [0, 0.05) is 34.2 Å². The van der Waals surface area contributed by atoms with Crippen LogP contribution in [0.15, 0.2) is 67.0 Å². The van der Waals surface area contributed by atoms with Crippen molar-refractivity contribution >= 4 is 44.2 Å². The van der Waals surface area contributed by atoms with Gasteiger partial charge in [0.15, 0.2) is 0 Å². The molecule has 0 aliphatic heterocycles. The first-order valence-corrected chi connectivity index (χ1v) is 8.27. The lowest BCUT2D eigenvalue weighted by molar-refractivity contribution is 1.33. The summed E-state index contributed by atoms with van der Waals surface area (Å²) < 4.78 is 0. The molecule has 0 amide bonds. The molecular formula is C21H16N4. The Morgan fingerprint density at radius 3 is 2.52 bits per heavy atom. The van der Waals surface area contributed by atoms with E-state index in [1.54, 1.807) is 6.20 Å². The van der Waals surface area contributed by atoms with Crippen molar-refractivity contribution in [3.05, 3.63) is 72.6 Å². The fraction of sp³-hybridized carbons (Fsp3) is 0.0476. The highest BCUT2D eigenvalue weighted by Gasteiger charge is 2.13. The van der Waals surface area contributed by atoms with Crippen molar-refractivity contribution in [2.75, 3.05) is 5.32 Å². The van der Waals surface area contributed by atoms with Gasteiger partial charge in [-0.15, -0.1) is 0 Å². The van der Waals surface area contributed by atoms with Gasteiger partial charge in [-0.05, 0) is 30.5 Å². The van der Waals surface area contributed by atoms with Crippen LogP contribution in [-0.4, -0.2) is 15.0 Å². The minimum absolute atomic E-state index is 0.853. The van der Waals surface area contributed by atoms with Crippen molar-refractivity contribution in [2.45, 2.75) is 6.92 Å². The Morgan fingerprint density at radius 2 is 1.68 bits per heavy atom. The van der Waals surface area contributed by atoms with E-state index < -0.39 is 0 Å². The van der Waals surface area contributed by atoms with Crippen molar-refractivity contribution in [1.29, 1.82) is 0 Å². The van der Waals surface area contributed by atoms with Gasteiger partial charge >= 0.3 is 0 Å². The number of anilines is 2. The average molecular weight is 324 g/mol. The van der Waals surface area contributed by atoms with E-state index in [0.717, 1.165) is 38.8 Å². The summed E-state index contributed by atoms with van der Waals surface area (Å²) in [5.74, 6) is 0.853. The highest BCUT2D eigenvalue weighted by Crippen LogP contribution is 2.34. The molecule has 0 saturated carbocycles. The first kappa shape index (κ1) is 14.0. The first-order chi connectivity index (χ1) is 12.3. The standard InChI is InChI=1S/C21H16N4/c1-13-6-8-14(9-7-13)23-20-16-5-3-2-4-15(16)19-17-12-22-11-10-18(17)24-21(19)25-20/h2-12H,1H3,(H2,23,24,25). The number of nitrogens with zero attached hydrogens (tertiary/aromatic N) is 2. The molecule has 0 aliphatic carbocycles. The molecule has 5 rings (SSSR count). The maximum absolute atomic E-state index is 4.86. The van der Waals surface area contributed by atoms with Crippen LogP contribution in [0, 0.1) is 6.92 Å². The molecule has 0 saturated heterocycles. The minimum Gasteiger partial charge on any atom is -0.340 e. The van der Waals surface area contributed by atoms with Gasteiger partial charge in [-0.3, -0.25) is 4.98 Å². The summed E-state index contributed by atoms with van der Waals surface area (Å²) in [5.41, 5.74) is 4.19. The zero-order valence-corrected chi connectivity index (χ0v) is 13.7. The van der Waals surface area contributed by atoms with Crippen molar-refractivity contribution in [3.63, 3.8) is 0 Å². The average Bonchev–Trinajstić information content (AvgIpc) is 3.02. The van der Waals surface area contributed by atoms with E-state index >= 15 is 0 Å². The summed E-state index contributed by atoms with van der Waals surface area (Å²) in [4.78, 5) is 12.6. The quantitative estimate of drug-likeness (QED) is 0.462.